The summed E-state index contributed by atoms with van der Waals surface area (Å²) >= 11 is 0. The molecule has 4 heteroatoms. The van der Waals surface area contributed by atoms with Crippen LogP contribution in [0.3, 0.4) is 0 Å². The number of methoxy groups -OCH3 is 1. The molecule has 0 saturated heterocycles. The zero-order chi connectivity index (χ0) is 11.3. The summed E-state index contributed by atoms with van der Waals surface area (Å²) in [4.78, 5) is 11.6. The maximum atomic E-state index is 11.6. The minimum Gasteiger partial charge on any atom is -0.507 e. The Balaban J connectivity index is 2.58. The quantitative estimate of drug-likeness (QED) is 0.782. The van der Waals surface area contributed by atoms with E-state index < -0.39 is 0 Å². The van der Waals surface area contributed by atoms with Gasteiger partial charge in [-0.2, -0.15) is 0 Å². The van der Waals surface area contributed by atoms with Gasteiger partial charge in [0.05, 0.1) is 11.7 Å². The molecule has 1 aromatic rings. The smallest absolute Gasteiger partial charge is 0.255 e. The molecule has 0 bridgehead atoms. The molecule has 1 rings (SSSR count). The van der Waals surface area contributed by atoms with Crippen LogP contribution in [0.25, 0.3) is 0 Å². The Bertz CT molecular complexity index is 338. The number of amides is 1. The molecule has 15 heavy (non-hydrogen) atoms. The van der Waals surface area contributed by atoms with Gasteiger partial charge in [-0.3, -0.25) is 4.79 Å². The topological polar surface area (TPSA) is 58.6 Å². The van der Waals surface area contributed by atoms with E-state index in [4.69, 9.17) is 4.74 Å². The van der Waals surface area contributed by atoms with Gasteiger partial charge in [0.15, 0.2) is 0 Å². The molecule has 1 unspecified atom stereocenters. The molecule has 0 fully saturated rings. The van der Waals surface area contributed by atoms with Gasteiger partial charge < -0.3 is 15.2 Å². The number of ether oxygens (including phenoxy) is 1. The molecule has 2 N–H and O–H groups in total. The average molecular weight is 209 g/mol. The Morgan fingerprint density at radius 1 is 1.53 bits per heavy atom. The molecule has 0 heterocycles. The fourth-order valence-corrected chi connectivity index (χ4v) is 1.08. The van der Waals surface area contributed by atoms with Crippen molar-refractivity contribution >= 4 is 5.91 Å². The van der Waals surface area contributed by atoms with E-state index in [9.17, 15) is 9.90 Å². The molecule has 0 aromatic heterocycles. The molecule has 0 aliphatic rings. The number of carbonyl (C=O) groups is 1. The van der Waals surface area contributed by atoms with Crippen molar-refractivity contribution in [2.45, 2.75) is 13.0 Å². The minimum atomic E-state index is -0.294. The average Bonchev–Trinajstić information content (AvgIpc) is 2.26. The van der Waals surface area contributed by atoms with E-state index in [1.54, 1.807) is 25.3 Å². The predicted molar refractivity (Wildman–Crippen MR) is 56.9 cm³/mol. The van der Waals surface area contributed by atoms with Gasteiger partial charge in [0.1, 0.15) is 5.75 Å². The third-order valence-electron chi connectivity index (χ3n) is 2.10. The van der Waals surface area contributed by atoms with Crippen LogP contribution in [0.2, 0.25) is 0 Å². The summed E-state index contributed by atoms with van der Waals surface area (Å²) in [5.74, 6) is -0.308. The number of rotatable bonds is 4. The Morgan fingerprint density at radius 2 is 2.20 bits per heavy atom. The number of phenolic OH excluding ortho intramolecular Hbond substituents is 1. The first-order valence-electron chi connectivity index (χ1n) is 4.74. The number of hydrogen-bond donors (Lipinski definition) is 2. The first-order chi connectivity index (χ1) is 7.15. The monoisotopic (exact) mass is 209 g/mol. The summed E-state index contributed by atoms with van der Waals surface area (Å²) in [7, 11) is 1.58. The van der Waals surface area contributed by atoms with Crippen LogP contribution in [-0.2, 0) is 4.74 Å². The van der Waals surface area contributed by atoms with Crippen LogP contribution >= 0.6 is 0 Å². The molecule has 1 amide bonds. The SMILES string of the molecule is COC(C)CNC(=O)c1ccccc1O. The van der Waals surface area contributed by atoms with E-state index in [2.05, 4.69) is 5.32 Å². The lowest BCUT2D eigenvalue weighted by Gasteiger charge is -2.11. The van der Waals surface area contributed by atoms with Crippen molar-refractivity contribution in [2.75, 3.05) is 13.7 Å². The summed E-state index contributed by atoms with van der Waals surface area (Å²) in [5.41, 5.74) is 0.279. The van der Waals surface area contributed by atoms with Crippen molar-refractivity contribution in [2.24, 2.45) is 0 Å². The van der Waals surface area contributed by atoms with E-state index in [0.717, 1.165) is 0 Å². The van der Waals surface area contributed by atoms with Crippen LogP contribution in [0.15, 0.2) is 24.3 Å². The van der Waals surface area contributed by atoms with Crippen LogP contribution in [0, 0.1) is 0 Å². The van der Waals surface area contributed by atoms with Gasteiger partial charge in [0, 0.05) is 13.7 Å². The molecule has 1 aromatic carbocycles. The van der Waals surface area contributed by atoms with Crippen molar-refractivity contribution in [3.05, 3.63) is 29.8 Å². The lowest BCUT2D eigenvalue weighted by molar-refractivity contribution is 0.0868. The third kappa shape index (κ3) is 3.25. The maximum Gasteiger partial charge on any atom is 0.255 e. The zero-order valence-corrected chi connectivity index (χ0v) is 8.86. The molecule has 1 atom stereocenters. The zero-order valence-electron chi connectivity index (χ0n) is 8.86. The molecule has 0 spiro atoms. The number of carbonyl (C=O) groups excluding carboxylic acids is 1. The highest BCUT2D eigenvalue weighted by Gasteiger charge is 2.10. The largest absolute Gasteiger partial charge is 0.507 e. The van der Waals surface area contributed by atoms with Crippen LogP contribution in [-0.4, -0.2) is 30.8 Å². The molecular weight excluding hydrogens is 194 g/mol. The van der Waals surface area contributed by atoms with Gasteiger partial charge in [0.25, 0.3) is 5.91 Å². The van der Waals surface area contributed by atoms with Gasteiger partial charge in [-0.1, -0.05) is 12.1 Å². The van der Waals surface area contributed by atoms with Crippen LogP contribution in [0.1, 0.15) is 17.3 Å². The normalized spacial score (nSPS) is 12.1. The van der Waals surface area contributed by atoms with Crippen molar-refractivity contribution in [1.29, 1.82) is 0 Å². The standard InChI is InChI=1S/C11H15NO3/c1-8(15-2)7-12-11(14)9-5-3-4-6-10(9)13/h3-6,8,13H,7H2,1-2H3,(H,12,14). The van der Waals surface area contributed by atoms with Crippen molar-refractivity contribution in [1.82, 2.24) is 5.32 Å². The van der Waals surface area contributed by atoms with Crippen LogP contribution < -0.4 is 5.32 Å². The fraction of sp³-hybridized carbons (Fsp3) is 0.364. The van der Waals surface area contributed by atoms with Gasteiger partial charge in [-0.15, -0.1) is 0 Å². The van der Waals surface area contributed by atoms with Gasteiger partial charge in [-0.25, -0.2) is 0 Å². The van der Waals surface area contributed by atoms with Gasteiger partial charge >= 0.3 is 0 Å². The fourth-order valence-electron chi connectivity index (χ4n) is 1.08. The number of phenols is 1. The number of hydrogen-bond acceptors (Lipinski definition) is 3. The highest BCUT2D eigenvalue weighted by atomic mass is 16.5. The van der Waals surface area contributed by atoms with Gasteiger partial charge in [-0.05, 0) is 19.1 Å². The molecular formula is C11H15NO3. The van der Waals surface area contributed by atoms with Crippen LogP contribution in [0.5, 0.6) is 5.75 Å². The molecule has 82 valence electrons. The second-order valence-corrected chi connectivity index (χ2v) is 3.27. The number of para-hydroxylation sites is 1. The van der Waals surface area contributed by atoms with Gasteiger partial charge in [0.2, 0.25) is 0 Å². The third-order valence-corrected chi connectivity index (χ3v) is 2.10. The predicted octanol–water partition coefficient (Wildman–Crippen LogP) is 1.16. The second-order valence-electron chi connectivity index (χ2n) is 3.27. The molecule has 0 radical (unpaired) electrons. The first kappa shape index (κ1) is 11.5. The Kier molecular flexibility index (Phi) is 4.12. The Hall–Kier alpha value is -1.55. The van der Waals surface area contributed by atoms with E-state index in [-0.39, 0.29) is 23.3 Å². The van der Waals surface area contributed by atoms with Crippen molar-refractivity contribution in [3.8, 4) is 5.75 Å². The van der Waals surface area contributed by atoms with E-state index in [1.807, 2.05) is 6.92 Å². The second kappa shape index (κ2) is 5.36. The molecule has 0 saturated carbocycles. The van der Waals surface area contributed by atoms with Crippen LogP contribution in [0.4, 0.5) is 0 Å². The van der Waals surface area contributed by atoms with E-state index in [1.165, 1.54) is 6.07 Å². The Labute approximate surface area is 88.9 Å². The minimum absolute atomic E-state index is 0.0138. The van der Waals surface area contributed by atoms with Crippen molar-refractivity contribution < 1.29 is 14.6 Å². The van der Waals surface area contributed by atoms with E-state index >= 15 is 0 Å². The molecule has 0 aliphatic carbocycles. The summed E-state index contributed by atoms with van der Waals surface area (Å²) in [6.45, 7) is 2.27. The maximum absolute atomic E-state index is 11.6. The highest BCUT2D eigenvalue weighted by Crippen LogP contribution is 2.14. The number of nitrogens with one attached hydrogen (secondary N) is 1. The lowest BCUT2D eigenvalue weighted by atomic mass is 10.2. The first-order valence-corrected chi connectivity index (χ1v) is 4.74. The summed E-state index contributed by atoms with van der Waals surface area (Å²) < 4.78 is 4.99. The van der Waals surface area contributed by atoms with Crippen molar-refractivity contribution in [3.63, 3.8) is 0 Å². The Morgan fingerprint density at radius 3 is 2.80 bits per heavy atom. The molecule has 4 nitrogen and oxygen atoms in total. The lowest BCUT2D eigenvalue weighted by Crippen LogP contribution is -2.31. The molecule has 0 aliphatic heterocycles. The number of aromatic hydroxyl groups is 1. The summed E-state index contributed by atoms with van der Waals surface area (Å²) in [6, 6.07) is 6.43. The number of benzene rings is 1. The summed E-state index contributed by atoms with van der Waals surface area (Å²) in [5, 5.41) is 12.1. The van der Waals surface area contributed by atoms with E-state index in [0.29, 0.717) is 6.54 Å². The summed E-state index contributed by atoms with van der Waals surface area (Å²) in [6.07, 6.45) is -0.0418. The highest BCUT2D eigenvalue weighted by molar-refractivity contribution is 5.96.